The van der Waals surface area contributed by atoms with E-state index in [1.54, 1.807) is 6.07 Å². The Labute approximate surface area is 130 Å². The summed E-state index contributed by atoms with van der Waals surface area (Å²) in [6.07, 6.45) is -0.143. The molecule has 118 valence electrons. The molecule has 0 atom stereocenters. The van der Waals surface area contributed by atoms with Crippen LogP contribution < -0.4 is 10.8 Å². The molecule has 0 saturated heterocycles. The molecule has 8 nitrogen and oxygen atoms in total. The van der Waals surface area contributed by atoms with E-state index in [-0.39, 0.29) is 17.7 Å². The minimum atomic E-state index is -0.664. The second-order valence-corrected chi connectivity index (χ2v) is 4.63. The number of nitrogens with one attached hydrogen (secondary N) is 2. The molecule has 0 unspecified atom stereocenters. The molecule has 0 aromatic heterocycles. The van der Waals surface area contributed by atoms with Crippen molar-refractivity contribution >= 4 is 23.2 Å². The van der Waals surface area contributed by atoms with Crippen molar-refractivity contribution in [2.24, 2.45) is 0 Å². The van der Waals surface area contributed by atoms with Crippen molar-refractivity contribution in [2.45, 2.75) is 6.42 Å². The third-order valence-corrected chi connectivity index (χ3v) is 3.07. The first kappa shape index (κ1) is 16.1. The van der Waals surface area contributed by atoms with Crippen LogP contribution in [0.25, 0.3) is 0 Å². The molecule has 2 aromatic rings. The van der Waals surface area contributed by atoms with Crippen molar-refractivity contribution in [3.63, 3.8) is 0 Å². The number of benzene rings is 2. The number of hydroxylamine groups is 1. The molecule has 23 heavy (non-hydrogen) atoms. The average molecular weight is 315 g/mol. The zero-order valence-electron chi connectivity index (χ0n) is 11.9. The van der Waals surface area contributed by atoms with Gasteiger partial charge in [0, 0.05) is 22.9 Å². The Morgan fingerprint density at radius 1 is 1.09 bits per heavy atom. The summed E-state index contributed by atoms with van der Waals surface area (Å²) in [7, 11) is 0. The van der Waals surface area contributed by atoms with Crippen LogP contribution >= 0.6 is 0 Å². The zero-order chi connectivity index (χ0) is 16.8. The van der Waals surface area contributed by atoms with Crippen molar-refractivity contribution in [3.05, 3.63) is 69.8 Å². The smallest absolute Gasteiger partial charge is 0.274 e. The molecule has 0 aliphatic rings. The predicted molar refractivity (Wildman–Crippen MR) is 81.1 cm³/mol. The highest BCUT2D eigenvalue weighted by Crippen LogP contribution is 2.19. The first-order valence-corrected chi connectivity index (χ1v) is 6.58. The zero-order valence-corrected chi connectivity index (χ0v) is 11.9. The molecule has 0 aliphatic carbocycles. The minimum absolute atomic E-state index is 0.113. The van der Waals surface area contributed by atoms with Gasteiger partial charge in [0.25, 0.3) is 11.6 Å². The largest absolute Gasteiger partial charge is 0.326 e. The summed E-state index contributed by atoms with van der Waals surface area (Å²) in [5.74, 6) is -1.08. The lowest BCUT2D eigenvalue weighted by atomic mass is 10.1. The fourth-order valence-corrected chi connectivity index (χ4v) is 1.99. The molecule has 2 aromatic carbocycles. The van der Waals surface area contributed by atoms with Crippen LogP contribution in [0.4, 0.5) is 11.4 Å². The summed E-state index contributed by atoms with van der Waals surface area (Å²) in [4.78, 5) is 33.5. The molecule has 2 rings (SSSR count). The number of amides is 2. The van der Waals surface area contributed by atoms with E-state index in [2.05, 4.69) is 5.32 Å². The first-order valence-electron chi connectivity index (χ1n) is 6.58. The lowest BCUT2D eigenvalue weighted by Gasteiger charge is -2.06. The molecule has 0 bridgehead atoms. The molecular formula is C15H13N3O5. The minimum Gasteiger partial charge on any atom is -0.326 e. The van der Waals surface area contributed by atoms with Gasteiger partial charge in [0.05, 0.1) is 11.3 Å². The van der Waals surface area contributed by atoms with Gasteiger partial charge in [-0.25, -0.2) is 5.48 Å². The highest BCUT2D eigenvalue weighted by Gasteiger charge is 2.15. The lowest BCUT2D eigenvalue weighted by Crippen LogP contribution is -2.19. The van der Waals surface area contributed by atoms with E-state index in [9.17, 15) is 19.7 Å². The van der Waals surface area contributed by atoms with Gasteiger partial charge < -0.3 is 5.32 Å². The molecule has 0 aliphatic heterocycles. The highest BCUT2D eigenvalue weighted by atomic mass is 16.6. The summed E-state index contributed by atoms with van der Waals surface area (Å²) < 4.78 is 0. The summed E-state index contributed by atoms with van der Waals surface area (Å²) in [5, 5.41) is 22.0. The van der Waals surface area contributed by atoms with Gasteiger partial charge in [-0.2, -0.15) is 0 Å². The average Bonchev–Trinajstić information content (AvgIpc) is 2.55. The Balaban J connectivity index is 2.05. The Morgan fingerprint density at radius 2 is 1.74 bits per heavy atom. The lowest BCUT2D eigenvalue weighted by molar-refractivity contribution is -0.385. The summed E-state index contributed by atoms with van der Waals surface area (Å²) in [5.41, 5.74) is 2.36. The van der Waals surface area contributed by atoms with E-state index in [0.717, 1.165) is 0 Å². The van der Waals surface area contributed by atoms with Crippen molar-refractivity contribution in [3.8, 4) is 0 Å². The Morgan fingerprint density at radius 3 is 2.35 bits per heavy atom. The Hall–Kier alpha value is -3.26. The number of para-hydroxylation sites is 1. The van der Waals surface area contributed by atoms with E-state index in [0.29, 0.717) is 11.3 Å². The summed E-state index contributed by atoms with van der Waals surface area (Å²) in [6.45, 7) is 0. The maximum atomic E-state index is 12.0. The molecular weight excluding hydrogens is 302 g/mol. The summed E-state index contributed by atoms with van der Waals surface area (Å²) in [6, 6.07) is 11.8. The number of nitro benzene ring substituents is 1. The van der Waals surface area contributed by atoms with Crippen molar-refractivity contribution < 1.29 is 19.7 Å². The number of anilines is 1. The van der Waals surface area contributed by atoms with E-state index in [1.807, 2.05) is 0 Å². The van der Waals surface area contributed by atoms with Crippen LogP contribution in [0.15, 0.2) is 48.5 Å². The number of hydrogen-bond donors (Lipinski definition) is 3. The quantitative estimate of drug-likeness (QED) is 0.442. The standard InChI is InChI=1S/C15H13N3O5/c19-14(9-11-3-1-2-4-13(11)18(22)23)16-12-7-5-10(6-8-12)15(20)17-21/h1-8,21H,9H2,(H,16,19)(H,17,20). The summed E-state index contributed by atoms with van der Waals surface area (Å²) >= 11 is 0. The van der Waals surface area contributed by atoms with Crippen LogP contribution in [0.1, 0.15) is 15.9 Å². The first-order chi connectivity index (χ1) is 11.0. The van der Waals surface area contributed by atoms with Gasteiger partial charge in [-0.3, -0.25) is 24.9 Å². The van der Waals surface area contributed by atoms with Crippen LogP contribution in [-0.4, -0.2) is 21.9 Å². The van der Waals surface area contributed by atoms with E-state index in [1.165, 1.54) is 47.9 Å². The second kappa shape index (κ2) is 7.14. The van der Waals surface area contributed by atoms with Crippen LogP contribution in [0, 0.1) is 10.1 Å². The fraction of sp³-hybridized carbons (Fsp3) is 0.0667. The monoisotopic (exact) mass is 315 g/mol. The van der Waals surface area contributed by atoms with E-state index < -0.39 is 16.7 Å². The molecule has 0 spiro atoms. The number of nitro groups is 1. The Bertz CT molecular complexity index is 743. The molecule has 2 amide bonds. The maximum absolute atomic E-state index is 12.0. The number of nitrogens with zero attached hydrogens (tertiary/aromatic N) is 1. The van der Waals surface area contributed by atoms with E-state index >= 15 is 0 Å². The van der Waals surface area contributed by atoms with Crippen LogP contribution in [0.2, 0.25) is 0 Å². The SMILES string of the molecule is O=C(Cc1ccccc1[N+](=O)[O-])Nc1ccc(C(=O)NO)cc1. The van der Waals surface area contributed by atoms with E-state index in [4.69, 9.17) is 5.21 Å². The van der Waals surface area contributed by atoms with Crippen LogP contribution in [0.5, 0.6) is 0 Å². The molecule has 0 fully saturated rings. The maximum Gasteiger partial charge on any atom is 0.274 e. The predicted octanol–water partition coefficient (Wildman–Crippen LogP) is 1.89. The topological polar surface area (TPSA) is 122 Å². The number of carbonyl (C=O) groups is 2. The van der Waals surface area contributed by atoms with Gasteiger partial charge in [0.15, 0.2) is 0 Å². The van der Waals surface area contributed by atoms with Gasteiger partial charge in [-0.15, -0.1) is 0 Å². The van der Waals surface area contributed by atoms with Crippen LogP contribution in [0.3, 0.4) is 0 Å². The molecule has 0 saturated carbocycles. The normalized spacial score (nSPS) is 9.96. The van der Waals surface area contributed by atoms with Gasteiger partial charge in [0.1, 0.15) is 0 Å². The number of carbonyl (C=O) groups excluding carboxylic acids is 2. The van der Waals surface area contributed by atoms with Gasteiger partial charge in [-0.1, -0.05) is 18.2 Å². The van der Waals surface area contributed by atoms with Crippen LogP contribution in [-0.2, 0) is 11.2 Å². The van der Waals surface area contributed by atoms with Gasteiger partial charge in [0.2, 0.25) is 5.91 Å². The second-order valence-electron chi connectivity index (χ2n) is 4.63. The van der Waals surface area contributed by atoms with Crippen molar-refractivity contribution in [1.29, 1.82) is 0 Å². The molecule has 0 heterocycles. The highest BCUT2D eigenvalue weighted by molar-refractivity contribution is 5.95. The van der Waals surface area contributed by atoms with Gasteiger partial charge >= 0.3 is 0 Å². The molecule has 3 N–H and O–H groups in total. The number of rotatable bonds is 5. The third-order valence-electron chi connectivity index (χ3n) is 3.07. The third kappa shape index (κ3) is 4.11. The number of hydrogen-bond acceptors (Lipinski definition) is 5. The van der Waals surface area contributed by atoms with Crippen molar-refractivity contribution in [1.82, 2.24) is 5.48 Å². The fourth-order valence-electron chi connectivity index (χ4n) is 1.99. The Kier molecular flexibility index (Phi) is 5.00. The van der Waals surface area contributed by atoms with Crippen molar-refractivity contribution in [2.75, 3.05) is 5.32 Å². The van der Waals surface area contributed by atoms with Gasteiger partial charge in [-0.05, 0) is 24.3 Å². The molecule has 0 radical (unpaired) electrons. The molecule has 8 heteroatoms.